The topological polar surface area (TPSA) is 75.4 Å². The highest BCUT2D eigenvalue weighted by Crippen LogP contribution is 2.23. The number of nitrogens with two attached hydrogens (primary N) is 1. The number of hydrogen-bond donors (Lipinski definition) is 2. The van der Waals surface area contributed by atoms with Gasteiger partial charge in [-0.05, 0) is 57.6 Å². The molecule has 0 radical (unpaired) electrons. The maximum atomic E-state index is 12.5. The maximum absolute atomic E-state index is 12.5. The van der Waals surface area contributed by atoms with Crippen LogP contribution in [0.2, 0.25) is 0 Å². The number of thiophene rings is 1. The van der Waals surface area contributed by atoms with Gasteiger partial charge in [-0.3, -0.25) is 4.79 Å². The van der Waals surface area contributed by atoms with Gasteiger partial charge in [0.15, 0.2) is 0 Å². The first-order valence-corrected chi connectivity index (χ1v) is 9.17. The van der Waals surface area contributed by atoms with Crippen molar-refractivity contribution < 1.29 is 9.59 Å². The van der Waals surface area contributed by atoms with Gasteiger partial charge in [0.2, 0.25) is 5.91 Å². The van der Waals surface area contributed by atoms with Crippen LogP contribution in [0.15, 0.2) is 6.07 Å². The Morgan fingerprint density at radius 3 is 2.83 bits per heavy atom. The van der Waals surface area contributed by atoms with E-state index in [0.717, 1.165) is 38.6 Å². The number of aryl methyl sites for hydroxylation is 3. The summed E-state index contributed by atoms with van der Waals surface area (Å²) >= 11 is 1.82. The van der Waals surface area contributed by atoms with Crippen molar-refractivity contribution in [2.24, 2.45) is 5.73 Å². The van der Waals surface area contributed by atoms with Gasteiger partial charge in [0, 0.05) is 35.3 Å². The van der Waals surface area contributed by atoms with Gasteiger partial charge in [-0.2, -0.15) is 0 Å². The minimum absolute atomic E-state index is 0.0916. The largest absolute Gasteiger partial charge is 0.352 e. The first-order valence-electron chi connectivity index (χ1n) is 8.36. The molecule has 1 aromatic rings. The molecule has 1 fully saturated rings. The molecule has 2 heterocycles. The SMILES string of the molecule is Cc1cc(CCCC(=O)N2CCCC[C@H]2CNC(N)=O)c(C)s1. The number of urea groups is 1. The predicted molar refractivity (Wildman–Crippen MR) is 93.7 cm³/mol. The fourth-order valence-corrected chi connectivity index (χ4v) is 4.24. The van der Waals surface area contributed by atoms with Crippen LogP contribution in [0.5, 0.6) is 0 Å². The van der Waals surface area contributed by atoms with Crippen LogP contribution in [-0.2, 0) is 11.2 Å². The van der Waals surface area contributed by atoms with E-state index in [9.17, 15) is 9.59 Å². The van der Waals surface area contributed by atoms with Crippen LogP contribution in [0.4, 0.5) is 4.79 Å². The third-order valence-electron chi connectivity index (χ3n) is 4.44. The Morgan fingerprint density at radius 2 is 2.17 bits per heavy atom. The summed E-state index contributed by atoms with van der Waals surface area (Å²) in [5, 5.41) is 2.64. The molecule has 1 atom stereocenters. The summed E-state index contributed by atoms with van der Waals surface area (Å²) < 4.78 is 0. The Morgan fingerprint density at radius 1 is 1.39 bits per heavy atom. The number of amides is 3. The first kappa shape index (κ1) is 17.8. The van der Waals surface area contributed by atoms with Gasteiger partial charge in [0.25, 0.3) is 0 Å². The van der Waals surface area contributed by atoms with Crippen LogP contribution in [0, 0.1) is 13.8 Å². The van der Waals surface area contributed by atoms with Crippen LogP contribution in [-0.4, -0.2) is 36.0 Å². The lowest BCUT2D eigenvalue weighted by Crippen LogP contribution is -2.50. The van der Waals surface area contributed by atoms with E-state index in [1.165, 1.54) is 15.3 Å². The highest BCUT2D eigenvalue weighted by atomic mass is 32.1. The van der Waals surface area contributed by atoms with Gasteiger partial charge in [0.1, 0.15) is 0 Å². The summed E-state index contributed by atoms with van der Waals surface area (Å²) in [5.41, 5.74) is 6.51. The molecule has 0 bridgehead atoms. The number of primary amides is 1. The first-order chi connectivity index (χ1) is 11.0. The fourth-order valence-electron chi connectivity index (χ4n) is 3.26. The molecule has 0 aliphatic carbocycles. The van der Waals surface area contributed by atoms with Gasteiger partial charge in [-0.1, -0.05) is 0 Å². The molecule has 0 unspecified atom stereocenters. The summed E-state index contributed by atoms with van der Waals surface area (Å²) in [6, 6.07) is 1.80. The van der Waals surface area contributed by atoms with E-state index in [4.69, 9.17) is 5.73 Å². The molecule has 0 saturated carbocycles. The molecule has 2 rings (SSSR count). The number of rotatable bonds is 6. The minimum atomic E-state index is -0.522. The molecule has 5 nitrogen and oxygen atoms in total. The van der Waals surface area contributed by atoms with E-state index in [0.29, 0.717) is 13.0 Å². The molecule has 1 aliphatic rings. The van der Waals surface area contributed by atoms with Gasteiger partial charge < -0.3 is 16.0 Å². The van der Waals surface area contributed by atoms with E-state index < -0.39 is 6.03 Å². The molecule has 1 aromatic heterocycles. The Labute approximate surface area is 142 Å². The zero-order chi connectivity index (χ0) is 16.8. The number of likely N-dealkylation sites (tertiary alicyclic amines) is 1. The van der Waals surface area contributed by atoms with Crippen molar-refractivity contribution in [2.45, 2.75) is 58.4 Å². The molecule has 128 valence electrons. The summed E-state index contributed by atoms with van der Waals surface area (Å²) in [6.45, 7) is 5.52. The lowest BCUT2D eigenvalue weighted by Gasteiger charge is -2.36. The molecule has 0 aromatic carbocycles. The molecule has 6 heteroatoms. The fraction of sp³-hybridized carbons (Fsp3) is 0.647. The molecular weight excluding hydrogens is 310 g/mol. The van der Waals surface area contributed by atoms with Crippen LogP contribution in [0.1, 0.15) is 47.4 Å². The molecule has 1 aliphatic heterocycles. The van der Waals surface area contributed by atoms with Crippen LogP contribution in [0.3, 0.4) is 0 Å². The molecule has 3 N–H and O–H groups in total. The standard InChI is InChI=1S/C17H27N3O2S/c1-12-10-14(13(2)23-12)6-5-8-16(21)20-9-4-3-7-15(20)11-19-17(18)22/h10,15H,3-9,11H2,1-2H3,(H3,18,19,22)/t15-/m0/s1. The summed E-state index contributed by atoms with van der Waals surface area (Å²) in [7, 11) is 0. The highest BCUT2D eigenvalue weighted by Gasteiger charge is 2.26. The van der Waals surface area contributed by atoms with E-state index in [1.54, 1.807) is 0 Å². The number of nitrogens with zero attached hydrogens (tertiary/aromatic N) is 1. The quantitative estimate of drug-likeness (QED) is 0.837. The van der Waals surface area contributed by atoms with Crippen molar-refractivity contribution in [3.63, 3.8) is 0 Å². The van der Waals surface area contributed by atoms with Crippen molar-refractivity contribution in [2.75, 3.05) is 13.1 Å². The molecule has 3 amide bonds. The van der Waals surface area contributed by atoms with Crippen molar-refractivity contribution in [3.05, 3.63) is 21.4 Å². The van der Waals surface area contributed by atoms with Crippen LogP contribution in [0.25, 0.3) is 0 Å². The molecule has 0 spiro atoms. The second-order valence-electron chi connectivity index (χ2n) is 6.27. The Bertz CT molecular complexity index is 556. The third kappa shape index (κ3) is 5.23. The lowest BCUT2D eigenvalue weighted by atomic mass is 10.0. The Balaban J connectivity index is 1.82. The zero-order valence-electron chi connectivity index (χ0n) is 14.1. The monoisotopic (exact) mass is 337 g/mol. The van der Waals surface area contributed by atoms with Crippen molar-refractivity contribution in [1.29, 1.82) is 0 Å². The normalized spacial score (nSPS) is 18.0. The number of carbonyl (C=O) groups excluding carboxylic acids is 2. The van der Waals surface area contributed by atoms with Gasteiger partial charge in [-0.15, -0.1) is 11.3 Å². The van der Waals surface area contributed by atoms with Crippen molar-refractivity contribution >= 4 is 23.3 Å². The number of hydrogen-bond acceptors (Lipinski definition) is 3. The van der Waals surface area contributed by atoms with E-state index >= 15 is 0 Å². The lowest BCUT2D eigenvalue weighted by molar-refractivity contribution is -0.134. The molecule has 23 heavy (non-hydrogen) atoms. The average Bonchev–Trinajstić information content (AvgIpc) is 2.83. The second-order valence-corrected chi connectivity index (χ2v) is 7.73. The van der Waals surface area contributed by atoms with Gasteiger partial charge >= 0.3 is 6.03 Å². The summed E-state index contributed by atoms with van der Waals surface area (Å²) in [5.74, 6) is 0.200. The molecular formula is C17H27N3O2S. The second kappa shape index (κ2) is 8.34. The van der Waals surface area contributed by atoms with Crippen LogP contribution < -0.4 is 11.1 Å². The molecule has 1 saturated heterocycles. The van der Waals surface area contributed by atoms with E-state index in [1.807, 2.05) is 16.2 Å². The Hall–Kier alpha value is -1.56. The van der Waals surface area contributed by atoms with E-state index in [-0.39, 0.29) is 11.9 Å². The summed E-state index contributed by atoms with van der Waals surface area (Å²) in [6.07, 6.45) is 5.49. The van der Waals surface area contributed by atoms with Crippen molar-refractivity contribution in [1.82, 2.24) is 10.2 Å². The Kier molecular flexibility index (Phi) is 6.45. The number of nitrogens with one attached hydrogen (secondary N) is 1. The maximum Gasteiger partial charge on any atom is 0.312 e. The van der Waals surface area contributed by atoms with Gasteiger partial charge in [-0.25, -0.2) is 4.79 Å². The van der Waals surface area contributed by atoms with E-state index in [2.05, 4.69) is 25.2 Å². The van der Waals surface area contributed by atoms with Crippen molar-refractivity contribution in [3.8, 4) is 0 Å². The average molecular weight is 337 g/mol. The smallest absolute Gasteiger partial charge is 0.312 e. The zero-order valence-corrected chi connectivity index (χ0v) is 14.9. The third-order valence-corrected chi connectivity index (χ3v) is 5.45. The number of piperidine rings is 1. The minimum Gasteiger partial charge on any atom is -0.352 e. The summed E-state index contributed by atoms with van der Waals surface area (Å²) in [4.78, 5) is 28.0. The highest BCUT2D eigenvalue weighted by molar-refractivity contribution is 7.12. The number of carbonyl (C=O) groups is 2. The van der Waals surface area contributed by atoms with Crippen LogP contribution >= 0.6 is 11.3 Å². The van der Waals surface area contributed by atoms with Gasteiger partial charge in [0.05, 0.1) is 0 Å². The predicted octanol–water partition coefficient (Wildman–Crippen LogP) is 2.74.